The van der Waals surface area contributed by atoms with Gasteiger partial charge >= 0.3 is 0 Å². The van der Waals surface area contributed by atoms with Crippen LogP contribution in [0.1, 0.15) is 16.1 Å². The molecule has 10 heteroatoms. The number of ether oxygens (including phenoxy) is 1. The normalized spacial score (nSPS) is 14.1. The number of hydrogen-bond donors (Lipinski definition) is 4. The average molecular weight is 495 g/mol. The van der Waals surface area contributed by atoms with E-state index in [-0.39, 0.29) is 11.6 Å². The van der Waals surface area contributed by atoms with E-state index in [9.17, 15) is 4.79 Å². The van der Waals surface area contributed by atoms with Crippen molar-refractivity contribution in [2.24, 2.45) is 0 Å². The third-order valence-corrected chi connectivity index (χ3v) is 6.26. The van der Waals surface area contributed by atoms with Gasteiger partial charge in [-0.15, -0.1) is 0 Å². The molecule has 10 nitrogen and oxygen atoms in total. The Morgan fingerprint density at radius 3 is 2.76 bits per heavy atom. The van der Waals surface area contributed by atoms with Crippen molar-refractivity contribution in [2.75, 3.05) is 36.9 Å². The van der Waals surface area contributed by atoms with Crippen LogP contribution in [0.4, 0.5) is 17.1 Å². The maximum Gasteiger partial charge on any atom is 0.276 e. The lowest BCUT2D eigenvalue weighted by Crippen LogP contribution is -2.35. The number of carbonyl (C=O) groups is 1. The molecule has 0 spiro atoms. The zero-order valence-corrected chi connectivity index (χ0v) is 20.1. The Bertz CT molecular complexity index is 1520. The molecule has 1 saturated heterocycles. The Kier molecular flexibility index (Phi) is 6.32. The first-order valence-electron chi connectivity index (χ1n) is 12.1. The molecule has 37 heavy (non-hydrogen) atoms. The van der Waals surface area contributed by atoms with Gasteiger partial charge in [0.05, 0.1) is 41.8 Å². The molecule has 186 valence electrons. The summed E-state index contributed by atoms with van der Waals surface area (Å²) in [7, 11) is 0. The fourth-order valence-electron chi connectivity index (χ4n) is 4.40. The number of aromatic amines is 2. The smallest absolute Gasteiger partial charge is 0.276 e. The maximum atomic E-state index is 13.2. The van der Waals surface area contributed by atoms with Gasteiger partial charge in [0, 0.05) is 31.5 Å². The second-order valence-electron chi connectivity index (χ2n) is 8.83. The van der Waals surface area contributed by atoms with E-state index in [0.717, 1.165) is 49.6 Å². The number of fused-ring (bicyclic) bond motifs is 1. The van der Waals surface area contributed by atoms with E-state index in [1.54, 1.807) is 18.5 Å². The molecule has 0 aliphatic carbocycles. The first-order valence-corrected chi connectivity index (χ1v) is 12.1. The zero-order chi connectivity index (χ0) is 25.0. The lowest BCUT2D eigenvalue weighted by Gasteiger charge is -2.26. The number of pyridine rings is 1. The Hall–Kier alpha value is -4.54. The van der Waals surface area contributed by atoms with Crippen LogP contribution in [0, 0.1) is 0 Å². The van der Waals surface area contributed by atoms with Crippen molar-refractivity contribution >= 4 is 34.0 Å². The highest BCUT2D eigenvalue weighted by atomic mass is 16.5. The summed E-state index contributed by atoms with van der Waals surface area (Å²) in [6, 6.07) is 19.5. The van der Waals surface area contributed by atoms with E-state index in [0.29, 0.717) is 22.9 Å². The molecule has 2 aromatic carbocycles. The van der Waals surface area contributed by atoms with E-state index >= 15 is 0 Å². The number of nitrogens with one attached hydrogen (secondary N) is 4. The number of benzene rings is 2. The van der Waals surface area contributed by atoms with Gasteiger partial charge in [-0.25, -0.2) is 9.97 Å². The highest BCUT2D eigenvalue weighted by Crippen LogP contribution is 2.27. The first kappa shape index (κ1) is 22.9. The number of anilines is 3. The molecule has 0 bridgehead atoms. The molecule has 1 aliphatic rings. The van der Waals surface area contributed by atoms with Gasteiger partial charge in [0.15, 0.2) is 11.5 Å². The molecule has 6 rings (SSSR count). The van der Waals surface area contributed by atoms with Gasteiger partial charge in [0.2, 0.25) is 0 Å². The molecule has 0 saturated carbocycles. The summed E-state index contributed by atoms with van der Waals surface area (Å²) in [5.41, 5.74) is 5.81. The van der Waals surface area contributed by atoms with Crippen LogP contribution in [0.5, 0.6) is 0 Å². The average Bonchev–Trinajstić information content (AvgIpc) is 3.56. The molecular weight excluding hydrogens is 468 g/mol. The monoisotopic (exact) mass is 494 g/mol. The van der Waals surface area contributed by atoms with E-state index in [1.807, 2.05) is 42.5 Å². The molecule has 3 aromatic heterocycles. The maximum absolute atomic E-state index is 13.2. The summed E-state index contributed by atoms with van der Waals surface area (Å²) in [4.78, 5) is 28.0. The largest absolute Gasteiger partial charge is 0.379 e. The number of carbonyl (C=O) groups excluding carboxylic acids is 1. The minimum absolute atomic E-state index is 0.274. The van der Waals surface area contributed by atoms with Crippen LogP contribution >= 0.6 is 0 Å². The van der Waals surface area contributed by atoms with Crippen LogP contribution in [-0.4, -0.2) is 62.3 Å². The van der Waals surface area contributed by atoms with Crippen molar-refractivity contribution in [2.45, 2.75) is 6.54 Å². The molecule has 1 amide bonds. The van der Waals surface area contributed by atoms with Crippen molar-refractivity contribution in [1.29, 1.82) is 0 Å². The van der Waals surface area contributed by atoms with E-state index < -0.39 is 0 Å². The predicted molar refractivity (Wildman–Crippen MR) is 142 cm³/mol. The standard InChI is InChI=1S/C27H26N8O2/c36-27(25-21(7-4-10-28-25)30-19-5-2-1-3-6-19)33-23-16-29-34-24(23)26-31-20-9-8-18(15-22(20)32-26)17-35-11-13-37-14-12-35/h1-10,15-16,30H,11-14,17H2,(H,29,34)(H,31,32)(H,33,36). The van der Waals surface area contributed by atoms with Gasteiger partial charge < -0.3 is 20.4 Å². The van der Waals surface area contributed by atoms with E-state index in [4.69, 9.17) is 9.72 Å². The molecule has 1 aliphatic heterocycles. The number of nitrogens with zero attached hydrogens (tertiary/aromatic N) is 4. The highest BCUT2D eigenvalue weighted by Gasteiger charge is 2.19. The Labute approximate surface area is 213 Å². The third-order valence-electron chi connectivity index (χ3n) is 6.26. The second kappa shape index (κ2) is 10.2. The number of rotatable bonds is 7. The van der Waals surface area contributed by atoms with Gasteiger partial charge in [-0.1, -0.05) is 24.3 Å². The number of para-hydroxylation sites is 1. The number of imidazole rings is 1. The van der Waals surface area contributed by atoms with Crippen molar-refractivity contribution in [3.63, 3.8) is 0 Å². The van der Waals surface area contributed by atoms with Crippen LogP contribution < -0.4 is 10.6 Å². The Balaban J connectivity index is 1.22. The fourth-order valence-corrected chi connectivity index (χ4v) is 4.40. The molecule has 0 radical (unpaired) electrons. The molecule has 0 atom stereocenters. The summed E-state index contributed by atoms with van der Waals surface area (Å²) in [5.74, 6) is 0.237. The van der Waals surface area contributed by atoms with E-state index in [1.165, 1.54) is 5.56 Å². The summed E-state index contributed by atoms with van der Waals surface area (Å²) in [6.07, 6.45) is 3.16. The van der Waals surface area contributed by atoms with Gasteiger partial charge in [-0.05, 0) is 42.0 Å². The lowest BCUT2D eigenvalue weighted by molar-refractivity contribution is 0.0342. The summed E-state index contributed by atoms with van der Waals surface area (Å²) < 4.78 is 5.45. The minimum Gasteiger partial charge on any atom is -0.379 e. The van der Waals surface area contributed by atoms with Crippen molar-refractivity contribution in [3.8, 4) is 11.5 Å². The summed E-state index contributed by atoms with van der Waals surface area (Å²) >= 11 is 0. The molecule has 0 unspecified atom stereocenters. The van der Waals surface area contributed by atoms with Crippen LogP contribution in [0.25, 0.3) is 22.6 Å². The molecule has 5 aromatic rings. The zero-order valence-electron chi connectivity index (χ0n) is 20.1. The van der Waals surface area contributed by atoms with Crippen LogP contribution in [0.15, 0.2) is 73.1 Å². The molecule has 4 heterocycles. The summed E-state index contributed by atoms with van der Waals surface area (Å²) in [6.45, 7) is 4.27. The Morgan fingerprint density at radius 1 is 1.03 bits per heavy atom. The van der Waals surface area contributed by atoms with Gasteiger partial charge in [0.1, 0.15) is 5.69 Å². The molecule has 4 N–H and O–H groups in total. The van der Waals surface area contributed by atoms with Crippen LogP contribution in [0.2, 0.25) is 0 Å². The van der Waals surface area contributed by atoms with Crippen molar-refractivity contribution < 1.29 is 9.53 Å². The van der Waals surface area contributed by atoms with Crippen molar-refractivity contribution in [1.82, 2.24) is 30.0 Å². The minimum atomic E-state index is -0.356. The van der Waals surface area contributed by atoms with Crippen LogP contribution in [0.3, 0.4) is 0 Å². The molecule has 1 fully saturated rings. The summed E-state index contributed by atoms with van der Waals surface area (Å²) in [5, 5.41) is 13.3. The van der Waals surface area contributed by atoms with Gasteiger partial charge in [0.25, 0.3) is 5.91 Å². The second-order valence-corrected chi connectivity index (χ2v) is 8.83. The molecular formula is C27H26N8O2. The van der Waals surface area contributed by atoms with E-state index in [2.05, 4.69) is 47.8 Å². The van der Waals surface area contributed by atoms with Gasteiger partial charge in [-0.2, -0.15) is 5.10 Å². The fraction of sp³-hybridized carbons (Fsp3) is 0.185. The lowest BCUT2D eigenvalue weighted by atomic mass is 10.2. The number of H-pyrrole nitrogens is 2. The Morgan fingerprint density at radius 2 is 1.89 bits per heavy atom. The third kappa shape index (κ3) is 5.06. The number of amides is 1. The quantitative estimate of drug-likeness (QED) is 0.268. The first-order chi connectivity index (χ1) is 18.2. The number of morpholine rings is 1. The van der Waals surface area contributed by atoms with Gasteiger partial charge in [-0.3, -0.25) is 14.8 Å². The highest BCUT2D eigenvalue weighted by molar-refractivity contribution is 6.08. The van der Waals surface area contributed by atoms with Crippen molar-refractivity contribution in [3.05, 3.63) is 84.3 Å². The number of hydrogen-bond acceptors (Lipinski definition) is 7. The van der Waals surface area contributed by atoms with Crippen LogP contribution in [-0.2, 0) is 11.3 Å². The predicted octanol–water partition coefficient (Wildman–Crippen LogP) is 4.18. The number of aromatic nitrogens is 5. The topological polar surface area (TPSA) is 124 Å². The SMILES string of the molecule is O=C(Nc1cn[nH]c1-c1nc2ccc(CN3CCOCC3)cc2[nH]1)c1ncccc1Nc1ccccc1.